The van der Waals surface area contributed by atoms with Crippen LogP contribution in [0, 0.1) is 0 Å². The number of anilines is 20. The first kappa shape index (κ1) is 94.3. The number of pyridine rings is 2. The third kappa shape index (κ3) is 23.4. The van der Waals surface area contributed by atoms with E-state index in [-0.39, 0.29) is 0 Å². The van der Waals surface area contributed by atoms with E-state index in [4.69, 9.17) is 0 Å². The summed E-state index contributed by atoms with van der Waals surface area (Å²) in [6, 6.07) is 208. The Hall–Kier alpha value is -19.9. The summed E-state index contributed by atoms with van der Waals surface area (Å²) in [6.07, 6.45) is 7.48. The molecule has 0 spiro atoms. The molecule has 148 heavy (non-hydrogen) atoms. The standard InChI is InChI=1S/C42H32N2.C39H29N3.C33H25N3.C24H20N2/c1-5-13-32(14-6-1)35-21-25-38(26-22-35)43-39-29-37(34-17-9-3-10-18-34)30-42(31-39)44(40-19-11-4-12-20-40)41-27-23-36(24-28-41)33-15-7-2-8-16-33;1-3-13-35(14-4-1)41-36-25-34(33-12-9-23-40-28-33)26-39(27-36)42(37-15-5-2-6-16-37)38-21-19-30(20-22-38)32-18-17-29-10-7-8-11-31(29)24-32;1-3-9-28(10-4-1)35-29-18-15-25(16-19-29)32-13-7-8-14-33(32)36(30-11-5-2-6-12-30)31-20-17-27-24-34-22-21-26(27)23-31;1-4-12-20(13-5-1)25-23-18-10-11-19-24(23)26(21-14-6-2-7-15-21)22-16-8-3-9-17-22/h1-31,43H;1-28,41H;1-24,35H;1-19,25H. The first-order chi connectivity index (χ1) is 73.4. The maximum Gasteiger partial charge on any atom is 0.0696 e. The Morgan fingerprint density at radius 2 is 0.446 bits per heavy atom. The van der Waals surface area contributed by atoms with Crippen LogP contribution in [0.4, 0.5) is 114 Å². The average molecular weight is 1900 g/mol. The molecule has 0 saturated carbocycles. The summed E-state index contributed by atoms with van der Waals surface area (Å²) < 4.78 is 0. The van der Waals surface area contributed by atoms with E-state index in [1.54, 1.807) is 0 Å². The summed E-state index contributed by atoms with van der Waals surface area (Å²) in [5.41, 5.74) is 35.6. The van der Waals surface area contributed by atoms with Gasteiger partial charge >= 0.3 is 0 Å². The van der Waals surface area contributed by atoms with Crippen LogP contribution >= 0.6 is 0 Å². The van der Waals surface area contributed by atoms with Gasteiger partial charge in [-0.25, -0.2) is 0 Å². The predicted molar refractivity (Wildman–Crippen MR) is 627 cm³/mol. The summed E-state index contributed by atoms with van der Waals surface area (Å²) in [7, 11) is 0. The quantitative estimate of drug-likeness (QED) is 0.0421. The Labute approximate surface area is 866 Å². The van der Waals surface area contributed by atoms with Crippen LogP contribution in [0.1, 0.15) is 0 Å². The molecule has 0 unspecified atom stereocenters. The fraction of sp³-hybridized carbons (Fsp3) is 0. The molecule has 0 aliphatic carbocycles. The van der Waals surface area contributed by atoms with Gasteiger partial charge < -0.3 is 40.9 Å². The fourth-order valence-electron chi connectivity index (χ4n) is 18.6. The van der Waals surface area contributed by atoms with Crippen molar-refractivity contribution in [2.75, 3.05) is 40.9 Å². The molecule has 0 saturated heterocycles. The molecule has 2 aromatic heterocycles. The topological polar surface area (TPSA) is 86.9 Å². The molecule has 708 valence electrons. The molecule has 24 rings (SSSR count). The molecule has 0 aliphatic rings. The van der Waals surface area contributed by atoms with Gasteiger partial charge in [0.2, 0.25) is 0 Å². The Kier molecular flexibility index (Phi) is 29.7. The van der Waals surface area contributed by atoms with Crippen molar-refractivity contribution in [3.8, 4) is 66.8 Å². The van der Waals surface area contributed by atoms with Crippen molar-refractivity contribution in [2.24, 2.45) is 0 Å². The molecular formula is C138H106N10. The van der Waals surface area contributed by atoms with Crippen LogP contribution in [0.25, 0.3) is 88.3 Å². The third-order valence-corrected chi connectivity index (χ3v) is 25.8. The Balaban J connectivity index is 0.000000117. The molecule has 0 radical (unpaired) electrons. The largest absolute Gasteiger partial charge is 0.356 e. The molecule has 24 aromatic rings. The minimum Gasteiger partial charge on any atom is -0.356 e. The number of nitrogens with one attached hydrogen (secondary N) is 4. The first-order valence-corrected chi connectivity index (χ1v) is 49.8. The molecular weight excluding hydrogens is 1800 g/mol. The van der Waals surface area contributed by atoms with Gasteiger partial charge in [-0.15, -0.1) is 0 Å². The molecule has 0 fully saturated rings. The van der Waals surface area contributed by atoms with Crippen LogP contribution < -0.4 is 40.9 Å². The number of hydrogen-bond acceptors (Lipinski definition) is 10. The minimum atomic E-state index is 1.01. The van der Waals surface area contributed by atoms with E-state index in [0.29, 0.717) is 0 Å². The summed E-state index contributed by atoms with van der Waals surface area (Å²) in [6.45, 7) is 0. The molecule has 0 bridgehead atoms. The maximum atomic E-state index is 4.39. The van der Waals surface area contributed by atoms with Crippen LogP contribution in [-0.4, -0.2) is 9.97 Å². The number of hydrogen-bond donors (Lipinski definition) is 4. The predicted octanol–water partition coefficient (Wildman–Crippen LogP) is 38.7. The first-order valence-electron chi connectivity index (χ1n) is 49.8. The highest BCUT2D eigenvalue weighted by Crippen LogP contribution is 2.47. The van der Waals surface area contributed by atoms with Gasteiger partial charge in [-0.2, -0.15) is 0 Å². The summed E-state index contributed by atoms with van der Waals surface area (Å²) in [5, 5.41) is 19.1. The number of para-hydroxylation sites is 11. The van der Waals surface area contributed by atoms with Crippen LogP contribution in [0.5, 0.6) is 0 Å². The molecule has 10 heteroatoms. The number of aromatic nitrogens is 2. The molecule has 0 amide bonds. The molecule has 2 heterocycles. The van der Waals surface area contributed by atoms with Gasteiger partial charge in [0.15, 0.2) is 0 Å². The highest BCUT2D eigenvalue weighted by molar-refractivity contribution is 5.96. The Bertz CT molecular complexity index is 8330. The van der Waals surface area contributed by atoms with E-state index < -0.39 is 0 Å². The van der Waals surface area contributed by atoms with Gasteiger partial charge in [-0.1, -0.05) is 364 Å². The van der Waals surface area contributed by atoms with Gasteiger partial charge in [0.05, 0.1) is 17.1 Å². The second kappa shape index (κ2) is 46.6. The van der Waals surface area contributed by atoms with E-state index >= 15 is 0 Å². The zero-order valence-corrected chi connectivity index (χ0v) is 81.6. The highest BCUT2D eigenvalue weighted by atomic mass is 15.2. The number of rotatable bonds is 26. The summed E-state index contributed by atoms with van der Waals surface area (Å²) >= 11 is 0. The van der Waals surface area contributed by atoms with Crippen LogP contribution in [0.15, 0.2) is 619 Å². The van der Waals surface area contributed by atoms with Crippen molar-refractivity contribution in [1.82, 2.24) is 9.97 Å². The highest BCUT2D eigenvalue weighted by Gasteiger charge is 2.23. The molecule has 0 atom stereocenters. The lowest BCUT2D eigenvalue weighted by Crippen LogP contribution is -2.11. The van der Waals surface area contributed by atoms with Crippen LogP contribution in [-0.2, 0) is 0 Å². The van der Waals surface area contributed by atoms with Gasteiger partial charge in [-0.05, 0) is 302 Å². The maximum absolute atomic E-state index is 4.39. The molecule has 4 N–H and O–H groups in total. The van der Waals surface area contributed by atoms with Crippen molar-refractivity contribution in [2.45, 2.75) is 0 Å². The second-order valence-corrected chi connectivity index (χ2v) is 35.7. The molecule has 10 nitrogen and oxygen atoms in total. The lowest BCUT2D eigenvalue weighted by molar-refractivity contribution is 1.28. The van der Waals surface area contributed by atoms with Crippen molar-refractivity contribution < 1.29 is 0 Å². The Morgan fingerprint density at radius 3 is 0.919 bits per heavy atom. The second-order valence-electron chi connectivity index (χ2n) is 35.7. The number of nitrogens with zero attached hydrogens (tertiary/aromatic N) is 6. The van der Waals surface area contributed by atoms with E-state index in [1.165, 1.54) is 55.3 Å². The minimum absolute atomic E-state index is 1.01. The molecule has 22 aromatic carbocycles. The zero-order valence-electron chi connectivity index (χ0n) is 81.6. The van der Waals surface area contributed by atoms with Crippen molar-refractivity contribution in [3.63, 3.8) is 0 Å². The fourth-order valence-corrected chi connectivity index (χ4v) is 18.6. The lowest BCUT2D eigenvalue weighted by atomic mass is 10.0. The van der Waals surface area contributed by atoms with E-state index in [1.807, 2.05) is 104 Å². The summed E-state index contributed by atoms with van der Waals surface area (Å²) in [5.74, 6) is 0. The SMILES string of the molecule is c1ccc(-c2ccc(Nc3cc(-c4ccccc4)cc(N(c4ccccc4)c4ccc(-c5ccccc5)cc4)c3)cc2)cc1.c1ccc(Nc2cc(-c3cccnc3)cc(N(c3ccccc3)c3ccc(-c4ccc5ccccc5c4)cc3)c2)cc1.c1ccc(Nc2ccc(-c3ccccc3N(c3ccccc3)c3ccc4cnccc4c3)cc2)cc1.c1ccc(Nc2ccccc2N(c2ccccc2)c2ccccc2)cc1. The normalized spacial score (nSPS) is 10.7. The van der Waals surface area contributed by atoms with Crippen molar-refractivity contribution in [3.05, 3.63) is 619 Å². The van der Waals surface area contributed by atoms with Gasteiger partial charge in [0.25, 0.3) is 0 Å². The summed E-state index contributed by atoms with van der Waals surface area (Å²) in [4.78, 5) is 17.9. The number of benzene rings is 22. The van der Waals surface area contributed by atoms with Gasteiger partial charge in [0.1, 0.15) is 0 Å². The van der Waals surface area contributed by atoms with Crippen molar-refractivity contribution in [1.29, 1.82) is 0 Å². The molecule has 0 aliphatic heterocycles. The van der Waals surface area contributed by atoms with Gasteiger partial charge in [-0.3, -0.25) is 9.97 Å². The monoisotopic (exact) mass is 1900 g/mol. The third-order valence-electron chi connectivity index (χ3n) is 25.8. The van der Waals surface area contributed by atoms with E-state index in [2.05, 4.69) is 566 Å². The smallest absolute Gasteiger partial charge is 0.0696 e. The zero-order chi connectivity index (χ0) is 99.5. The number of fused-ring (bicyclic) bond motifs is 2. The average Bonchev–Trinajstić information content (AvgIpc) is 0.771. The Morgan fingerprint density at radius 1 is 0.135 bits per heavy atom. The van der Waals surface area contributed by atoms with Crippen LogP contribution in [0.3, 0.4) is 0 Å². The van der Waals surface area contributed by atoms with Crippen molar-refractivity contribution >= 4 is 135 Å². The lowest BCUT2D eigenvalue weighted by Gasteiger charge is -2.28. The van der Waals surface area contributed by atoms with E-state index in [9.17, 15) is 0 Å². The van der Waals surface area contributed by atoms with Gasteiger partial charge in [0, 0.05) is 138 Å². The van der Waals surface area contributed by atoms with Crippen LogP contribution in [0.2, 0.25) is 0 Å². The van der Waals surface area contributed by atoms with E-state index in [0.717, 1.165) is 147 Å².